The number of esters is 1. The molecular weight excluding hydrogens is 490 g/mol. The molecule has 2 aliphatic rings. The molecule has 1 aromatic rings. The summed E-state index contributed by atoms with van der Waals surface area (Å²) in [4.78, 5) is 56.3. The number of Topliss-reactive ketones (excluding diaryl/α,β-unsaturated/α-hetero) is 1. The van der Waals surface area contributed by atoms with Crippen molar-refractivity contribution in [1.29, 1.82) is 0 Å². The molecule has 0 saturated heterocycles. The Kier molecular flexibility index (Phi) is 9.95. The molecule has 204 valence electrons. The Bertz CT molecular complexity index is 1170. The van der Waals surface area contributed by atoms with E-state index in [9.17, 15) is 24.3 Å². The van der Waals surface area contributed by atoms with Crippen molar-refractivity contribution in [1.82, 2.24) is 15.2 Å². The van der Waals surface area contributed by atoms with Crippen LogP contribution in [0.25, 0.3) is 0 Å². The molecule has 10 heteroatoms. The minimum Gasteiger partial charge on any atom is -0.457 e. The summed E-state index contributed by atoms with van der Waals surface area (Å²) in [7, 11) is 0. The quantitative estimate of drug-likeness (QED) is 0.534. The highest BCUT2D eigenvalue weighted by molar-refractivity contribution is 6.00. The lowest BCUT2D eigenvalue weighted by molar-refractivity contribution is -0.149. The van der Waals surface area contributed by atoms with Crippen molar-refractivity contribution in [3.8, 4) is 0 Å². The topological polar surface area (TPSA) is 139 Å². The zero-order valence-electron chi connectivity index (χ0n) is 22.2. The molecule has 38 heavy (non-hydrogen) atoms. The number of ketones is 1. The van der Waals surface area contributed by atoms with Crippen molar-refractivity contribution in [2.75, 3.05) is 13.1 Å². The van der Waals surface area contributed by atoms with Crippen molar-refractivity contribution < 1.29 is 33.4 Å². The van der Waals surface area contributed by atoms with Crippen LogP contribution in [0, 0.1) is 11.8 Å². The molecule has 0 fully saturated rings. The number of allylic oxidation sites excluding steroid dienone is 2. The van der Waals surface area contributed by atoms with Gasteiger partial charge in [0.05, 0.1) is 12.5 Å². The van der Waals surface area contributed by atoms with E-state index in [0.29, 0.717) is 6.42 Å². The molecule has 1 aromatic heterocycles. The van der Waals surface area contributed by atoms with E-state index in [1.165, 1.54) is 11.0 Å². The molecule has 2 aliphatic heterocycles. The van der Waals surface area contributed by atoms with Gasteiger partial charge in [-0.3, -0.25) is 14.4 Å². The minimum absolute atomic E-state index is 0.0315. The average Bonchev–Trinajstić information content (AvgIpc) is 3.52. The molecule has 0 radical (unpaired) electrons. The van der Waals surface area contributed by atoms with Crippen LogP contribution in [0.1, 0.15) is 56.9 Å². The predicted molar refractivity (Wildman–Crippen MR) is 139 cm³/mol. The fraction of sp³-hybridized carbons (Fsp3) is 0.464. The van der Waals surface area contributed by atoms with E-state index in [-0.39, 0.29) is 66.7 Å². The van der Waals surface area contributed by atoms with Gasteiger partial charge in [0.1, 0.15) is 23.8 Å². The van der Waals surface area contributed by atoms with Gasteiger partial charge in [-0.1, -0.05) is 56.7 Å². The number of fused-ring (bicyclic) bond motifs is 3. The number of nitrogens with zero attached hydrogens (tertiary/aromatic N) is 2. The van der Waals surface area contributed by atoms with Gasteiger partial charge in [-0.15, -0.1) is 0 Å². The van der Waals surface area contributed by atoms with Gasteiger partial charge in [-0.05, 0) is 25.3 Å². The van der Waals surface area contributed by atoms with Gasteiger partial charge in [0.25, 0.3) is 5.91 Å². The van der Waals surface area contributed by atoms with E-state index in [4.69, 9.17) is 9.15 Å². The number of oxazole rings is 1. The molecule has 3 heterocycles. The first kappa shape index (κ1) is 28.8. The van der Waals surface area contributed by atoms with Gasteiger partial charge in [-0.25, -0.2) is 9.78 Å². The van der Waals surface area contributed by atoms with Crippen LogP contribution in [0.5, 0.6) is 0 Å². The number of aliphatic hydroxyl groups is 1. The third-order valence-electron chi connectivity index (χ3n) is 6.19. The van der Waals surface area contributed by atoms with E-state index in [1.807, 2.05) is 20.8 Å². The summed E-state index contributed by atoms with van der Waals surface area (Å²) in [6.07, 6.45) is 9.48. The van der Waals surface area contributed by atoms with E-state index in [0.717, 1.165) is 11.8 Å². The Balaban J connectivity index is 1.86. The Morgan fingerprint density at radius 2 is 1.95 bits per heavy atom. The smallest absolute Gasteiger partial charge is 0.355 e. The number of carbonyl (C=O) groups is 4. The van der Waals surface area contributed by atoms with Crippen LogP contribution in [0.2, 0.25) is 0 Å². The molecular formula is C28H35N3O7. The third-order valence-corrected chi connectivity index (χ3v) is 6.19. The summed E-state index contributed by atoms with van der Waals surface area (Å²) in [5.74, 6) is -2.07. The standard InChI is InChI=1S/C28H35N3O7/c1-17(2)26-19(4)9-10-24(34)29-11-5-7-18(3)13-20(32)14-21(33)15-25-30-22(16-37-25)27(35)31-12-6-8-23(31)28(36)38-26/h5,7-10,13,16-17,19-20,26,32H,6,11-12,14-15H2,1-4H3,(H,29,34)/b7-5-,10-9+,18-13?/t19-,20-,26-/m1/s1. The van der Waals surface area contributed by atoms with Gasteiger partial charge < -0.3 is 24.5 Å². The number of ether oxygens (including phenoxy) is 1. The molecule has 0 unspecified atom stereocenters. The van der Waals surface area contributed by atoms with Gasteiger partial charge >= 0.3 is 5.97 Å². The zero-order chi connectivity index (χ0) is 27.8. The van der Waals surface area contributed by atoms with Crippen molar-refractivity contribution in [3.05, 3.63) is 65.6 Å². The Hall–Kier alpha value is -3.79. The molecule has 2 amide bonds. The van der Waals surface area contributed by atoms with Crippen LogP contribution in [-0.4, -0.2) is 63.9 Å². The van der Waals surface area contributed by atoms with E-state index < -0.39 is 24.1 Å². The maximum atomic E-state index is 13.1. The molecule has 2 bridgehead atoms. The summed E-state index contributed by atoms with van der Waals surface area (Å²) in [6.45, 7) is 8.00. The van der Waals surface area contributed by atoms with Gasteiger partial charge in [0.2, 0.25) is 11.8 Å². The number of amides is 2. The molecule has 3 rings (SSSR count). The number of carbonyl (C=O) groups excluding carboxylic acids is 4. The summed E-state index contributed by atoms with van der Waals surface area (Å²) in [5.41, 5.74) is 0.809. The number of nitrogens with one attached hydrogen (secondary N) is 1. The first-order chi connectivity index (χ1) is 18.0. The number of hydrogen-bond acceptors (Lipinski definition) is 8. The lowest BCUT2D eigenvalue weighted by Gasteiger charge is -2.27. The maximum Gasteiger partial charge on any atom is 0.355 e. The number of aromatic nitrogens is 1. The van der Waals surface area contributed by atoms with Crippen LogP contribution >= 0.6 is 0 Å². The maximum absolute atomic E-state index is 13.1. The van der Waals surface area contributed by atoms with Gasteiger partial charge in [0.15, 0.2) is 5.69 Å². The number of cyclic esters (lactones) is 1. The van der Waals surface area contributed by atoms with Gasteiger partial charge in [-0.2, -0.15) is 0 Å². The SMILES string of the molecule is CC1=C[C@@H](O)CC(=O)Cc2nc(co2)C(=O)N2CCC=C2C(=O)O[C@H](C(C)C)[C@H](C)/C=C/C(=O)NC/C=C\1. The molecule has 2 N–H and O–H groups in total. The lowest BCUT2D eigenvalue weighted by atomic mass is 9.94. The van der Waals surface area contributed by atoms with Crippen molar-refractivity contribution in [2.45, 2.75) is 59.2 Å². The second-order valence-corrected chi connectivity index (χ2v) is 9.84. The van der Waals surface area contributed by atoms with E-state index in [2.05, 4.69) is 10.3 Å². The summed E-state index contributed by atoms with van der Waals surface area (Å²) >= 11 is 0. The summed E-state index contributed by atoms with van der Waals surface area (Å²) < 4.78 is 11.1. The van der Waals surface area contributed by atoms with Crippen LogP contribution in [-0.2, 0) is 25.5 Å². The number of rotatable bonds is 1. The fourth-order valence-corrected chi connectivity index (χ4v) is 4.33. The van der Waals surface area contributed by atoms with Crippen LogP contribution in [0.3, 0.4) is 0 Å². The normalized spacial score (nSPS) is 26.3. The zero-order valence-corrected chi connectivity index (χ0v) is 22.2. The number of hydrogen-bond donors (Lipinski definition) is 2. The van der Waals surface area contributed by atoms with Crippen molar-refractivity contribution in [2.24, 2.45) is 11.8 Å². The Morgan fingerprint density at radius 1 is 1.18 bits per heavy atom. The van der Waals surface area contributed by atoms with Crippen molar-refractivity contribution in [3.63, 3.8) is 0 Å². The first-order valence-corrected chi connectivity index (χ1v) is 12.7. The minimum atomic E-state index is -1.01. The van der Waals surface area contributed by atoms with Crippen molar-refractivity contribution >= 4 is 23.6 Å². The second-order valence-electron chi connectivity index (χ2n) is 9.84. The Labute approximate surface area is 222 Å². The molecule has 10 nitrogen and oxygen atoms in total. The largest absolute Gasteiger partial charge is 0.457 e. The highest BCUT2D eigenvalue weighted by atomic mass is 16.5. The molecule has 0 aromatic carbocycles. The van der Waals surface area contributed by atoms with Crippen LogP contribution in [0.15, 0.2) is 58.4 Å². The lowest BCUT2D eigenvalue weighted by Crippen LogP contribution is -2.36. The second kappa shape index (κ2) is 13.1. The fourth-order valence-electron chi connectivity index (χ4n) is 4.33. The molecule has 0 spiro atoms. The van der Waals surface area contributed by atoms with E-state index in [1.54, 1.807) is 37.3 Å². The van der Waals surface area contributed by atoms with Gasteiger partial charge in [0, 0.05) is 25.4 Å². The highest BCUT2D eigenvalue weighted by Gasteiger charge is 2.33. The summed E-state index contributed by atoms with van der Waals surface area (Å²) in [6, 6.07) is 0. The highest BCUT2D eigenvalue weighted by Crippen LogP contribution is 2.24. The average molecular weight is 526 g/mol. The van der Waals surface area contributed by atoms with E-state index >= 15 is 0 Å². The molecule has 0 aliphatic carbocycles. The van der Waals surface area contributed by atoms with Crippen LogP contribution in [0.4, 0.5) is 0 Å². The third kappa shape index (κ3) is 7.85. The molecule has 0 saturated carbocycles. The monoisotopic (exact) mass is 525 g/mol. The number of aliphatic hydroxyl groups excluding tert-OH is 1. The van der Waals surface area contributed by atoms with Crippen LogP contribution < -0.4 is 5.32 Å². The summed E-state index contributed by atoms with van der Waals surface area (Å²) in [5, 5.41) is 13.0. The Morgan fingerprint density at radius 3 is 2.68 bits per heavy atom. The predicted octanol–water partition coefficient (Wildman–Crippen LogP) is 2.66. The first-order valence-electron chi connectivity index (χ1n) is 12.7. The molecule has 3 atom stereocenters.